The van der Waals surface area contributed by atoms with Crippen LogP contribution in [0.5, 0.6) is 5.75 Å². The molecule has 1 N–H and O–H groups in total. The maximum atomic E-state index is 13.9. The van der Waals surface area contributed by atoms with Gasteiger partial charge in [0, 0.05) is 50.9 Å². The van der Waals surface area contributed by atoms with E-state index in [-0.39, 0.29) is 17.5 Å². The Morgan fingerprint density at radius 2 is 1.88 bits per heavy atom. The van der Waals surface area contributed by atoms with E-state index in [1.165, 1.54) is 17.4 Å². The van der Waals surface area contributed by atoms with Crippen LogP contribution in [0.2, 0.25) is 0 Å². The number of amides is 1. The van der Waals surface area contributed by atoms with Crippen molar-refractivity contribution in [3.8, 4) is 5.75 Å². The van der Waals surface area contributed by atoms with Crippen LogP contribution >= 0.6 is 11.3 Å². The fourth-order valence-electron chi connectivity index (χ4n) is 3.63. The van der Waals surface area contributed by atoms with Crippen molar-refractivity contribution in [3.63, 3.8) is 0 Å². The molecule has 32 heavy (non-hydrogen) atoms. The number of benzene rings is 2. The summed E-state index contributed by atoms with van der Waals surface area (Å²) in [6.07, 6.45) is 0.0916. The minimum atomic E-state index is -0.626. The van der Waals surface area contributed by atoms with E-state index in [1.807, 2.05) is 13.8 Å². The Morgan fingerprint density at radius 1 is 1.16 bits per heavy atom. The molecule has 0 spiro atoms. The van der Waals surface area contributed by atoms with E-state index in [0.29, 0.717) is 21.9 Å². The monoisotopic (exact) mass is 460 g/mol. The number of piperazine rings is 1. The molecule has 1 fully saturated rings. The van der Waals surface area contributed by atoms with Crippen LogP contribution in [0.1, 0.15) is 24.2 Å². The molecule has 0 bridgehead atoms. The lowest BCUT2D eigenvalue weighted by Crippen LogP contribution is -2.48. The van der Waals surface area contributed by atoms with Crippen LogP contribution in [0.3, 0.4) is 0 Å². The molecule has 1 aromatic heterocycles. The molecule has 0 radical (unpaired) electrons. The van der Waals surface area contributed by atoms with Gasteiger partial charge in [-0.05, 0) is 44.2 Å². The number of nitrogens with one attached hydrogen (secondary N) is 1. The minimum Gasteiger partial charge on any atom is -0.491 e. The minimum absolute atomic E-state index is 0.0916. The third-order valence-corrected chi connectivity index (χ3v) is 6.31. The lowest BCUT2D eigenvalue weighted by Gasteiger charge is -2.34. The summed E-state index contributed by atoms with van der Waals surface area (Å²) in [7, 11) is 0. The number of carbonyl (C=O) groups excluding carboxylic acids is 1. The number of thiazole rings is 1. The molecule has 1 aliphatic heterocycles. The second kappa shape index (κ2) is 9.79. The zero-order valence-electron chi connectivity index (χ0n) is 18.1. The van der Waals surface area contributed by atoms with E-state index in [9.17, 15) is 13.6 Å². The lowest BCUT2D eigenvalue weighted by atomic mass is 10.2. The van der Waals surface area contributed by atoms with Gasteiger partial charge in [-0.3, -0.25) is 9.69 Å². The summed E-state index contributed by atoms with van der Waals surface area (Å²) in [4.78, 5) is 21.1. The molecular weight excluding hydrogens is 434 g/mol. The summed E-state index contributed by atoms with van der Waals surface area (Å²) < 4.78 is 33.5. The number of anilines is 1. The van der Waals surface area contributed by atoms with Crippen LogP contribution in [-0.2, 0) is 0 Å². The van der Waals surface area contributed by atoms with Crippen molar-refractivity contribution in [2.75, 3.05) is 44.2 Å². The van der Waals surface area contributed by atoms with E-state index in [1.54, 1.807) is 24.3 Å². The first-order valence-electron chi connectivity index (χ1n) is 10.7. The van der Waals surface area contributed by atoms with Gasteiger partial charge in [-0.2, -0.15) is 0 Å². The summed E-state index contributed by atoms with van der Waals surface area (Å²) in [5, 5.41) is 3.67. The van der Waals surface area contributed by atoms with E-state index in [2.05, 4.69) is 20.1 Å². The topological polar surface area (TPSA) is 57.7 Å². The lowest BCUT2D eigenvalue weighted by molar-refractivity contribution is 0.0947. The van der Waals surface area contributed by atoms with E-state index < -0.39 is 11.6 Å². The largest absolute Gasteiger partial charge is 0.491 e. The summed E-state index contributed by atoms with van der Waals surface area (Å²) >= 11 is 1.31. The number of hydrogen-bond acceptors (Lipinski definition) is 6. The summed E-state index contributed by atoms with van der Waals surface area (Å²) in [5.41, 5.74) is 0.825. The maximum Gasteiger partial charge on any atom is 0.251 e. The zero-order valence-corrected chi connectivity index (χ0v) is 18.9. The molecular formula is C23H26F2N4O2S. The average molecular weight is 461 g/mol. The molecule has 2 aromatic carbocycles. The van der Waals surface area contributed by atoms with Crippen molar-refractivity contribution in [2.45, 2.75) is 20.0 Å². The quantitative estimate of drug-likeness (QED) is 0.579. The number of halogens is 2. The van der Waals surface area contributed by atoms with Gasteiger partial charge in [-0.1, -0.05) is 11.3 Å². The molecule has 6 nitrogen and oxygen atoms in total. The second-order valence-electron chi connectivity index (χ2n) is 8.01. The molecule has 4 rings (SSSR count). The third-order valence-electron chi connectivity index (χ3n) is 5.25. The van der Waals surface area contributed by atoms with Gasteiger partial charge in [-0.25, -0.2) is 13.8 Å². The Kier molecular flexibility index (Phi) is 6.86. The Hall–Kier alpha value is -2.78. The first kappa shape index (κ1) is 22.4. The molecule has 170 valence electrons. The molecule has 1 saturated heterocycles. The fourth-order valence-corrected chi connectivity index (χ4v) is 4.69. The molecule has 9 heteroatoms. The van der Waals surface area contributed by atoms with E-state index >= 15 is 0 Å². The maximum absolute atomic E-state index is 13.9. The van der Waals surface area contributed by atoms with Gasteiger partial charge in [0.1, 0.15) is 17.1 Å². The van der Waals surface area contributed by atoms with Crippen LogP contribution < -0.4 is 15.0 Å². The average Bonchev–Trinajstić information content (AvgIpc) is 3.19. The SMILES string of the molecule is CC(C)Oc1ccc(C(=O)NCCN2CCN(c3nc4c(F)cc(F)cc4s3)CC2)cc1. The molecule has 0 aliphatic carbocycles. The smallest absolute Gasteiger partial charge is 0.251 e. The van der Waals surface area contributed by atoms with Crippen molar-refractivity contribution in [1.82, 2.24) is 15.2 Å². The van der Waals surface area contributed by atoms with E-state index in [0.717, 1.165) is 44.5 Å². The predicted octanol–water partition coefficient (Wildman–Crippen LogP) is 3.91. The third kappa shape index (κ3) is 5.34. The van der Waals surface area contributed by atoms with Crippen molar-refractivity contribution < 1.29 is 18.3 Å². The summed E-state index contributed by atoms with van der Waals surface area (Å²) in [5.74, 6) is -0.574. The highest BCUT2D eigenvalue weighted by Crippen LogP contribution is 2.31. The van der Waals surface area contributed by atoms with Crippen LogP contribution in [0.15, 0.2) is 36.4 Å². The standard InChI is InChI=1S/C23H26F2N4O2S/c1-15(2)31-18-5-3-16(4-6-18)22(30)26-7-8-28-9-11-29(12-10-28)23-27-21-19(25)13-17(24)14-20(21)32-23/h3-6,13-15H,7-12H2,1-2H3,(H,26,30). The van der Waals surface area contributed by atoms with Crippen molar-refractivity contribution in [2.24, 2.45) is 0 Å². The highest BCUT2D eigenvalue weighted by atomic mass is 32.1. The van der Waals surface area contributed by atoms with Crippen molar-refractivity contribution >= 4 is 32.6 Å². The van der Waals surface area contributed by atoms with Crippen molar-refractivity contribution in [1.29, 1.82) is 0 Å². The number of carbonyl (C=O) groups is 1. The molecule has 1 aliphatic rings. The number of nitrogens with zero attached hydrogens (tertiary/aromatic N) is 3. The highest BCUT2D eigenvalue weighted by molar-refractivity contribution is 7.22. The van der Waals surface area contributed by atoms with Gasteiger partial charge in [0.05, 0.1) is 10.8 Å². The molecule has 0 saturated carbocycles. The van der Waals surface area contributed by atoms with Gasteiger partial charge >= 0.3 is 0 Å². The molecule has 2 heterocycles. The number of ether oxygens (including phenoxy) is 1. The zero-order chi connectivity index (χ0) is 22.7. The first-order valence-corrected chi connectivity index (χ1v) is 11.5. The Labute approximate surface area is 189 Å². The Bertz CT molecular complexity index is 1080. The number of rotatable bonds is 7. The van der Waals surface area contributed by atoms with Crippen molar-refractivity contribution in [3.05, 3.63) is 53.6 Å². The fraction of sp³-hybridized carbons (Fsp3) is 0.391. The summed E-state index contributed by atoms with van der Waals surface area (Å²) in [6.45, 7) is 8.32. The summed E-state index contributed by atoms with van der Waals surface area (Å²) in [6, 6.07) is 9.32. The highest BCUT2D eigenvalue weighted by Gasteiger charge is 2.21. The van der Waals surface area contributed by atoms with Gasteiger partial charge in [-0.15, -0.1) is 0 Å². The van der Waals surface area contributed by atoms with Gasteiger partial charge in [0.2, 0.25) is 0 Å². The second-order valence-corrected chi connectivity index (χ2v) is 9.02. The number of hydrogen-bond donors (Lipinski definition) is 1. The molecule has 0 unspecified atom stereocenters. The van der Waals surface area contributed by atoms with Crippen LogP contribution in [0.4, 0.5) is 13.9 Å². The molecule has 1 amide bonds. The van der Waals surface area contributed by atoms with Gasteiger partial charge in [0.25, 0.3) is 5.91 Å². The van der Waals surface area contributed by atoms with Gasteiger partial charge in [0.15, 0.2) is 10.9 Å². The number of fused-ring (bicyclic) bond motifs is 1. The molecule has 3 aromatic rings. The van der Waals surface area contributed by atoms with Crippen LogP contribution in [-0.4, -0.2) is 61.2 Å². The first-order chi connectivity index (χ1) is 15.4. The van der Waals surface area contributed by atoms with Gasteiger partial charge < -0.3 is 15.0 Å². The predicted molar refractivity (Wildman–Crippen MR) is 123 cm³/mol. The Morgan fingerprint density at radius 3 is 2.56 bits per heavy atom. The molecule has 0 atom stereocenters. The van der Waals surface area contributed by atoms with Crippen LogP contribution in [0.25, 0.3) is 10.2 Å². The van der Waals surface area contributed by atoms with E-state index in [4.69, 9.17) is 4.74 Å². The van der Waals surface area contributed by atoms with Crippen LogP contribution in [0, 0.1) is 11.6 Å². The normalized spacial score (nSPS) is 14.8. The Balaban J connectivity index is 1.23. The number of aromatic nitrogens is 1.